The number of hydrogen-bond acceptors (Lipinski definition) is 5. The second-order valence-corrected chi connectivity index (χ2v) is 8.15. The van der Waals surface area contributed by atoms with Crippen molar-refractivity contribution in [3.8, 4) is 0 Å². The summed E-state index contributed by atoms with van der Waals surface area (Å²) in [7, 11) is 0. The highest BCUT2D eigenvalue weighted by molar-refractivity contribution is 7.98. The van der Waals surface area contributed by atoms with E-state index < -0.39 is 0 Å². The third kappa shape index (κ3) is 3.82. The molecule has 24 heavy (non-hydrogen) atoms. The Labute approximate surface area is 151 Å². The summed E-state index contributed by atoms with van der Waals surface area (Å²) in [5.74, 6) is 0.153. The average molecular weight is 362 g/mol. The molecular formula is C18H23N3OS2. The van der Waals surface area contributed by atoms with Crippen molar-refractivity contribution in [1.29, 1.82) is 0 Å². The number of hydrogen-bond donors (Lipinski definition) is 0. The molecule has 0 unspecified atom stereocenters. The molecular weight excluding hydrogens is 338 g/mol. The van der Waals surface area contributed by atoms with Gasteiger partial charge in [0.25, 0.3) is 5.91 Å². The van der Waals surface area contributed by atoms with Crippen molar-refractivity contribution in [2.24, 2.45) is 0 Å². The van der Waals surface area contributed by atoms with Gasteiger partial charge in [0.05, 0.1) is 17.8 Å². The number of benzene rings is 1. The van der Waals surface area contributed by atoms with Crippen LogP contribution in [0.1, 0.15) is 25.9 Å². The molecule has 1 aromatic carbocycles. The standard InChI is InChI=1S/C18H23N3OS2/c1-13-14(2)24-17(19-13)12-20-8-10-21(11-9-20)18(22)15-6-4-5-7-16(15)23-3/h4-7H,8-12H2,1-3H3. The summed E-state index contributed by atoms with van der Waals surface area (Å²) in [6, 6.07) is 7.87. The van der Waals surface area contributed by atoms with E-state index in [0.29, 0.717) is 0 Å². The van der Waals surface area contributed by atoms with Gasteiger partial charge in [0.1, 0.15) is 5.01 Å². The molecule has 1 fully saturated rings. The summed E-state index contributed by atoms with van der Waals surface area (Å²) in [4.78, 5) is 24.1. The molecule has 0 aliphatic carbocycles. The highest BCUT2D eigenvalue weighted by atomic mass is 32.2. The Hall–Kier alpha value is -1.37. The van der Waals surface area contributed by atoms with E-state index in [0.717, 1.165) is 48.9 Å². The fourth-order valence-electron chi connectivity index (χ4n) is 2.90. The number of aromatic nitrogens is 1. The largest absolute Gasteiger partial charge is 0.336 e. The number of rotatable bonds is 4. The lowest BCUT2D eigenvalue weighted by Gasteiger charge is -2.34. The Morgan fingerprint density at radius 1 is 1.21 bits per heavy atom. The van der Waals surface area contributed by atoms with Gasteiger partial charge in [-0.2, -0.15) is 0 Å². The van der Waals surface area contributed by atoms with Gasteiger partial charge in [-0.25, -0.2) is 4.98 Å². The van der Waals surface area contributed by atoms with E-state index in [1.807, 2.05) is 35.4 Å². The van der Waals surface area contributed by atoms with Crippen molar-refractivity contribution in [1.82, 2.24) is 14.8 Å². The van der Waals surface area contributed by atoms with Gasteiger partial charge in [-0.05, 0) is 32.2 Å². The highest BCUT2D eigenvalue weighted by Crippen LogP contribution is 2.23. The summed E-state index contributed by atoms with van der Waals surface area (Å²) < 4.78 is 0. The predicted octanol–water partition coefficient (Wildman–Crippen LogP) is 3.44. The van der Waals surface area contributed by atoms with Gasteiger partial charge < -0.3 is 4.90 Å². The van der Waals surface area contributed by atoms with Crippen LogP contribution in [0.4, 0.5) is 0 Å². The van der Waals surface area contributed by atoms with Crippen LogP contribution in [-0.2, 0) is 6.54 Å². The minimum absolute atomic E-state index is 0.153. The first-order chi connectivity index (χ1) is 11.6. The lowest BCUT2D eigenvalue weighted by atomic mass is 10.2. The molecule has 0 spiro atoms. The quantitative estimate of drug-likeness (QED) is 0.782. The van der Waals surface area contributed by atoms with Crippen LogP contribution < -0.4 is 0 Å². The van der Waals surface area contributed by atoms with E-state index in [1.54, 1.807) is 23.1 Å². The number of carbonyl (C=O) groups is 1. The minimum atomic E-state index is 0.153. The Bertz CT molecular complexity index is 701. The van der Waals surface area contributed by atoms with Gasteiger partial charge in [-0.1, -0.05) is 12.1 Å². The van der Waals surface area contributed by atoms with E-state index in [9.17, 15) is 4.79 Å². The van der Waals surface area contributed by atoms with Gasteiger partial charge in [-0.15, -0.1) is 23.1 Å². The van der Waals surface area contributed by atoms with Crippen LogP contribution >= 0.6 is 23.1 Å². The fourth-order valence-corrected chi connectivity index (χ4v) is 4.47. The van der Waals surface area contributed by atoms with E-state index in [2.05, 4.69) is 23.7 Å². The Morgan fingerprint density at radius 2 is 1.92 bits per heavy atom. The van der Waals surface area contributed by atoms with E-state index in [-0.39, 0.29) is 5.91 Å². The highest BCUT2D eigenvalue weighted by Gasteiger charge is 2.24. The predicted molar refractivity (Wildman–Crippen MR) is 101 cm³/mol. The molecule has 1 saturated heterocycles. The molecule has 2 heterocycles. The maximum atomic E-state index is 12.8. The smallest absolute Gasteiger partial charge is 0.255 e. The summed E-state index contributed by atoms with van der Waals surface area (Å²) in [5.41, 5.74) is 1.96. The van der Waals surface area contributed by atoms with Crippen LogP contribution in [0.25, 0.3) is 0 Å². The van der Waals surface area contributed by atoms with E-state index in [4.69, 9.17) is 0 Å². The molecule has 1 amide bonds. The first kappa shape index (κ1) is 17.5. The molecule has 0 radical (unpaired) electrons. The third-order valence-corrected chi connectivity index (χ3v) is 6.28. The van der Waals surface area contributed by atoms with Crippen LogP contribution in [0.2, 0.25) is 0 Å². The third-order valence-electron chi connectivity index (χ3n) is 4.43. The molecule has 3 rings (SSSR count). The van der Waals surface area contributed by atoms with Crippen LogP contribution in [0.15, 0.2) is 29.2 Å². The number of amides is 1. The molecule has 1 aliphatic heterocycles. The molecule has 0 atom stereocenters. The molecule has 2 aromatic rings. The van der Waals surface area contributed by atoms with Crippen molar-refractivity contribution in [2.45, 2.75) is 25.3 Å². The topological polar surface area (TPSA) is 36.4 Å². The zero-order chi connectivity index (χ0) is 17.1. The lowest BCUT2D eigenvalue weighted by molar-refractivity contribution is 0.0625. The van der Waals surface area contributed by atoms with E-state index >= 15 is 0 Å². The number of thioether (sulfide) groups is 1. The van der Waals surface area contributed by atoms with Crippen molar-refractivity contribution in [3.63, 3.8) is 0 Å². The van der Waals surface area contributed by atoms with Gasteiger partial charge in [0.2, 0.25) is 0 Å². The van der Waals surface area contributed by atoms with Crippen molar-refractivity contribution in [3.05, 3.63) is 45.4 Å². The van der Waals surface area contributed by atoms with Crippen LogP contribution in [0, 0.1) is 13.8 Å². The molecule has 0 N–H and O–H groups in total. The second kappa shape index (κ2) is 7.68. The summed E-state index contributed by atoms with van der Waals surface area (Å²) >= 11 is 3.41. The van der Waals surface area contributed by atoms with Crippen LogP contribution in [0.5, 0.6) is 0 Å². The zero-order valence-corrected chi connectivity index (χ0v) is 16.0. The van der Waals surface area contributed by atoms with Gasteiger partial charge in [0.15, 0.2) is 0 Å². The van der Waals surface area contributed by atoms with Crippen molar-refractivity contribution in [2.75, 3.05) is 32.4 Å². The summed E-state index contributed by atoms with van der Waals surface area (Å²) in [5, 5.41) is 1.18. The van der Waals surface area contributed by atoms with Crippen molar-refractivity contribution >= 4 is 29.0 Å². The van der Waals surface area contributed by atoms with E-state index in [1.165, 1.54) is 9.88 Å². The second-order valence-electron chi connectivity index (χ2n) is 6.02. The molecule has 6 heteroatoms. The first-order valence-corrected chi connectivity index (χ1v) is 10.2. The molecule has 0 bridgehead atoms. The molecule has 0 saturated carbocycles. The molecule has 1 aromatic heterocycles. The Morgan fingerprint density at radius 3 is 2.54 bits per heavy atom. The number of carbonyl (C=O) groups excluding carboxylic acids is 1. The number of thiazole rings is 1. The zero-order valence-electron chi connectivity index (χ0n) is 14.4. The Balaban J connectivity index is 1.59. The summed E-state index contributed by atoms with van der Waals surface area (Å²) in [6.45, 7) is 8.46. The van der Waals surface area contributed by atoms with Crippen LogP contribution in [0.3, 0.4) is 0 Å². The maximum Gasteiger partial charge on any atom is 0.255 e. The SMILES string of the molecule is CSc1ccccc1C(=O)N1CCN(Cc2nc(C)c(C)s2)CC1. The maximum absolute atomic E-state index is 12.8. The van der Waals surface area contributed by atoms with Gasteiger partial charge in [0, 0.05) is 36.0 Å². The lowest BCUT2D eigenvalue weighted by Crippen LogP contribution is -2.48. The number of nitrogens with zero attached hydrogens (tertiary/aromatic N) is 3. The Kier molecular flexibility index (Phi) is 5.58. The molecule has 128 valence electrons. The normalized spacial score (nSPS) is 15.7. The summed E-state index contributed by atoms with van der Waals surface area (Å²) in [6.07, 6.45) is 2.02. The monoisotopic (exact) mass is 361 g/mol. The van der Waals surface area contributed by atoms with Crippen LogP contribution in [-0.4, -0.2) is 53.1 Å². The van der Waals surface area contributed by atoms with Crippen molar-refractivity contribution < 1.29 is 4.79 Å². The molecule has 1 aliphatic rings. The number of piperazine rings is 1. The minimum Gasteiger partial charge on any atom is -0.336 e. The number of aryl methyl sites for hydroxylation is 2. The molecule has 4 nitrogen and oxygen atoms in total. The van der Waals surface area contributed by atoms with Gasteiger partial charge >= 0.3 is 0 Å². The fraction of sp³-hybridized carbons (Fsp3) is 0.444. The average Bonchev–Trinajstić information content (AvgIpc) is 2.92. The first-order valence-electron chi connectivity index (χ1n) is 8.16. The van der Waals surface area contributed by atoms with Gasteiger partial charge in [-0.3, -0.25) is 9.69 Å².